The highest BCUT2D eigenvalue weighted by atomic mass is 32.1. The van der Waals surface area contributed by atoms with Crippen LogP contribution in [0.25, 0.3) is 21.2 Å². The average molecular weight is 696 g/mol. The molecule has 0 radical (unpaired) electrons. The zero-order valence-corrected chi connectivity index (χ0v) is 26.0. The van der Waals surface area contributed by atoms with Gasteiger partial charge in [-0.2, -0.15) is 39.0 Å². The third kappa shape index (κ3) is 7.80. The van der Waals surface area contributed by atoms with Gasteiger partial charge in [0.05, 0.1) is 29.5 Å². The van der Waals surface area contributed by atoms with Gasteiger partial charge in [-0.05, 0) is 72.0 Å². The number of thiophene rings is 1. The number of fused-ring (bicyclic) bond motifs is 1. The van der Waals surface area contributed by atoms with Crippen molar-refractivity contribution in [1.29, 1.82) is 0 Å². The van der Waals surface area contributed by atoms with Gasteiger partial charge in [-0.3, -0.25) is 9.59 Å². The van der Waals surface area contributed by atoms with Gasteiger partial charge in [-0.25, -0.2) is 4.39 Å². The molecule has 4 aromatic carbocycles. The van der Waals surface area contributed by atoms with Crippen molar-refractivity contribution < 1.29 is 45.1 Å². The molecule has 0 aliphatic heterocycles. The van der Waals surface area contributed by atoms with E-state index in [9.17, 15) is 40.3 Å². The Labute approximate surface area is 272 Å². The number of carbonyl (C=O) groups is 2. The highest BCUT2D eigenvalue weighted by Crippen LogP contribution is 2.41. The van der Waals surface area contributed by atoms with E-state index in [1.807, 2.05) is 0 Å². The second kappa shape index (κ2) is 13.9. The van der Waals surface area contributed by atoms with Crippen LogP contribution in [0, 0.1) is 5.82 Å². The van der Waals surface area contributed by atoms with Crippen LogP contribution in [0.4, 0.5) is 47.8 Å². The van der Waals surface area contributed by atoms with Crippen molar-refractivity contribution in [2.75, 3.05) is 29.7 Å². The Morgan fingerprint density at radius 1 is 0.809 bits per heavy atom. The lowest BCUT2D eigenvalue weighted by atomic mass is 10.0. The number of hydrogen-bond donors (Lipinski definition) is 4. The Balaban J connectivity index is 0.00000245. The molecule has 0 saturated carbocycles. The average Bonchev–Trinajstić information content (AvgIpc) is 3.39. The highest BCUT2D eigenvalue weighted by molar-refractivity contribution is 7.79. The summed E-state index contributed by atoms with van der Waals surface area (Å²) in [6.45, 7) is 0. The summed E-state index contributed by atoms with van der Waals surface area (Å²) < 4.78 is 99.2. The van der Waals surface area contributed by atoms with Crippen molar-refractivity contribution in [3.63, 3.8) is 0 Å². The molecule has 0 bridgehead atoms. The number of hydrogen-bond acceptors (Lipinski definition) is 6. The summed E-state index contributed by atoms with van der Waals surface area (Å²) in [4.78, 5) is 26.7. The van der Waals surface area contributed by atoms with Crippen molar-refractivity contribution in [3.05, 3.63) is 106 Å². The highest BCUT2D eigenvalue weighted by Gasteiger charge is 2.35. The third-order valence-corrected chi connectivity index (χ3v) is 7.81. The number of thiol groups is 1. The van der Waals surface area contributed by atoms with Crippen molar-refractivity contribution in [2.45, 2.75) is 12.4 Å². The minimum absolute atomic E-state index is 0.00315. The number of benzene rings is 4. The predicted octanol–water partition coefficient (Wildman–Crippen LogP) is 9.39. The number of amides is 2. The van der Waals surface area contributed by atoms with Crippen molar-refractivity contribution in [2.24, 2.45) is 0 Å². The molecular formula is C32H24F7N3O3S2. The van der Waals surface area contributed by atoms with E-state index in [0.29, 0.717) is 40.3 Å². The number of carbonyl (C=O) groups excluding carboxylic acids is 2. The molecule has 2 amide bonds. The molecule has 15 heteroatoms. The number of halogens is 7. The third-order valence-electron chi connectivity index (χ3n) is 6.66. The molecule has 1 aromatic heterocycles. The molecule has 6 nitrogen and oxygen atoms in total. The first-order valence-corrected chi connectivity index (χ1v) is 15.0. The smallest absolute Gasteiger partial charge is 0.419 e. The first-order valence-electron chi connectivity index (χ1n) is 13.3. The van der Waals surface area contributed by atoms with Crippen LogP contribution in [0.3, 0.4) is 0 Å². The van der Waals surface area contributed by atoms with E-state index in [-0.39, 0.29) is 32.0 Å². The van der Waals surface area contributed by atoms with Gasteiger partial charge in [0.1, 0.15) is 16.4 Å². The summed E-state index contributed by atoms with van der Waals surface area (Å²) >= 11 is 4.10. The standard InChI is InChI=1S/C31H20F7N3O3S.CH4S/c1-44-24-10-5-16(15-3-2-4-18(39)11-15)12-21(24)28(42)41-26-20-8-6-17(30(33,34)35)13-25(20)45-27(26)29(43)40-19-7-9-23(32)22(14-19)31(36,37)38;1-2/h2-14H,39H2,1H3,(H,40,43)(H,41,42);2H,1H3. The van der Waals surface area contributed by atoms with E-state index in [1.165, 1.54) is 19.2 Å². The van der Waals surface area contributed by atoms with Gasteiger partial charge in [0.25, 0.3) is 11.8 Å². The van der Waals surface area contributed by atoms with Crippen LogP contribution < -0.4 is 21.1 Å². The largest absolute Gasteiger partial charge is 0.496 e. The van der Waals surface area contributed by atoms with Gasteiger partial charge >= 0.3 is 12.4 Å². The van der Waals surface area contributed by atoms with Gasteiger partial charge in [-0.15, -0.1) is 11.3 Å². The number of methoxy groups -OCH3 is 1. The predicted molar refractivity (Wildman–Crippen MR) is 172 cm³/mol. The maximum absolute atomic E-state index is 13.8. The number of ether oxygens (including phenoxy) is 1. The van der Waals surface area contributed by atoms with Crippen LogP contribution in [0.5, 0.6) is 5.75 Å². The lowest BCUT2D eigenvalue weighted by Gasteiger charge is -2.14. The number of anilines is 3. The summed E-state index contributed by atoms with van der Waals surface area (Å²) in [6.07, 6.45) is -8.09. The minimum Gasteiger partial charge on any atom is -0.496 e. The van der Waals surface area contributed by atoms with Gasteiger partial charge in [0.15, 0.2) is 0 Å². The monoisotopic (exact) mass is 695 g/mol. The maximum atomic E-state index is 13.8. The zero-order chi connectivity index (χ0) is 34.7. The Morgan fingerprint density at radius 3 is 2.15 bits per heavy atom. The molecule has 1 heterocycles. The summed E-state index contributed by atoms with van der Waals surface area (Å²) in [5.74, 6) is -3.28. The van der Waals surface area contributed by atoms with E-state index >= 15 is 0 Å². The number of rotatable bonds is 6. The summed E-state index contributed by atoms with van der Waals surface area (Å²) in [6, 6.07) is 15.9. The molecule has 5 aromatic rings. The van der Waals surface area contributed by atoms with Crippen LogP contribution in [-0.4, -0.2) is 25.2 Å². The van der Waals surface area contributed by atoms with E-state index in [4.69, 9.17) is 10.5 Å². The Hall–Kier alpha value is -4.76. The van der Waals surface area contributed by atoms with Crippen LogP contribution in [0.1, 0.15) is 31.2 Å². The van der Waals surface area contributed by atoms with Crippen molar-refractivity contribution in [1.82, 2.24) is 0 Å². The molecule has 246 valence electrons. The van der Waals surface area contributed by atoms with Gasteiger partial charge in [-0.1, -0.05) is 24.3 Å². The maximum Gasteiger partial charge on any atom is 0.419 e. The molecule has 4 N–H and O–H groups in total. The van der Waals surface area contributed by atoms with Crippen LogP contribution in [0.15, 0.2) is 78.9 Å². The summed E-state index contributed by atoms with van der Waals surface area (Å²) in [7, 11) is 1.32. The van der Waals surface area contributed by atoms with E-state index in [0.717, 1.165) is 24.3 Å². The topological polar surface area (TPSA) is 93.4 Å². The molecule has 0 spiro atoms. The van der Waals surface area contributed by atoms with E-state index in [2.05, 4.69) is 23.3 Å². The molecule has 0 saturated heterocycles. The van der Waals surface area contributed by atoms with E-state index < -0.39 is 46.8 Å². The first-order chi connectivity index (χ1) is 22.2. The fourth-order valence-electron chi connectivity index (χ4n) is 4.53. The fraction of sp³-hybridized carbons (Fsp3) is 0.125. The number of nitrogen functional groups attached to an aromatic ring is 1. The minimum atomic E-state index is -5.06. The SMILES string of the molecule is COc1ccc(-c2cccc(N)c2)cc1C(=O)Nc1c(C(=O)Nc2ccc(F)c(C(F)(F)F)c2)sc2cc(C(F)(F)F)ccc12.CS. The molecule has 47 heavy (non-hydrogen) atoms. The summed E-state index contributed by atoms with van der Waals surface area (Å²) in [5.41, 5.74) is 4.32. The molecule has 5 rings (SSSR count). The normalized spacial score (nSPS) is 11.4. The molecule has 0 unspecified atom stereocenters. The van der Waals surface area contributed by atoms with Crippen molar-refractivity contribution >= 4 is 62.9 Å². The van der Waals surface area contributed by atoms with Gasteiger partial charge in [0, 0.05) is 21.5 Å². The molecular weight excluding hydrogens is 671 g/mol. The van der Waals surface area contributed by atoms with Gasteiger partial charge < -0.3 is 21.1 Å². The van der Waals surface area contributed by atoms with Crippen LogP contribution in [0.2, 0.25) is 0 Å². The lowest BCUT2D eigenvalue weighted by Crippen LogP contribution is -2.18. The van der Waals surface area contributed by atoms with E-state index in [1.54, 1.807) is 36.6 Å². The van der Waals surface area contributed by atoms with Crippen LogP contribution >= 0.6 is 24.0 Å². The van der Waals surface area contributed by atoms with Crippen molar-refractivity contribution in [3.8, 4) is 16.9 Å². The number of nitrogens with one attached hydrogen (secondary N) is 2. The fourth-order valence-corrected chi connectivity index (χ4v) is 5.62. The molecule has 0 aliphatic carbocycles. The summed E-state index contributed by atoms with van der Waals surface area (Å²) in [5, 5.41) is 4.84. The Bertz CT molecular complexity index is 1960. The number of nitrogens with two attached hydrogens (primary N) is 1. The molecule has 0 fully saturated rings. The second-order valence-corrected chi connectivity index (χ2v) is 10.7. The second-order valence-electron chi connectivity index (χ2n) is 9.66. The first kappa shape index (κ1) is 35.1. The Morgan fingerprint density at radius 2 is 1.51 bits per heavy atom. The lowest BCUT2D eigenvalue weighted by molar-refractivity contribution is -0.140. The number of alkyl halides is 6. The quantitative estimate of drug-likeness (QED) is 0.0809. The van der Waals surface area contributed by atoms with Gasteiger partial charge in [0.2, 0.25) is 0 Å². The zero-order valence-electron chi connectivity index (χ0n) is 24.3. The van der Waals surface area contributed by atoms with Crippen LogP contribution in [-0.2, 0) is 12.4 Å². The molecule has 0 aliphatic rings. The molecule has 0 atom stereocenters. The Kier molecular flexibility index (Phi) is 10.4.